The van der Waals surface area contributed by atoms with Gasteiger partial charge < -0.3 is 19.1 Å². The van der Waals surface area contributed by atoms with Gasteiger partial charge in [-0.2, -0.15) is 0 Å². The normalized spacial score (nSPS) is 12.5. The van der Waals surface area contributed by atoms with Crippen LogP contribution in [0, 0.1) is 0 Å². The maximum Gasteiger partial charge on any atom is 0.249 e. The van der Waals surface area contributed by atoms with Crippen LogP contribution in [-0.4, -0.2) is 6.71 Å². The molecule has 0 saturated heterocycles. The summed E-state index contributed by atoms with van der Waals surface area (Å²) >= 11 is 1.88. The summed E-state index contributed by atoms with van der Waals surface area (Å²) in [5, 5.41) is 2.21. The zero-order valence-corrected chi connectivity index (χ0v) is 56.7. The summed E-state index contributed by atoms with van der Waals surface area (Å²) in [6.45, 7) is 13.6. The van der Waals surface area contributed by atoms with E-state index in [4.69, 9.17) is 4.42 Å². The van der Waals surface area contributed by atoms with Crippen LogP contribution in [0.25, 0.3) is 77.6 Å². The quantitative estimate of drug-likeness (QED) is 0.113. The second kappa shape index (κ2) is 24.4. The molecule has 0 radical (unpaired) electrons. The summed E-state index contributed by atoms with van der Waals surface area (Å²) in [5.41, 5.74) is 29.2. The average Bonchev–Trinajstić information content (AvgIpc) is 0.933. The van der Waals surface area contributed by atoms with Crippen molar-refractivity contribution in [1.82, 2.24) is 0 Å². The number of rotatable bonds is 12. The van der Waals surface area contributed by atoms with Gasteiger partial charge in [0.05, 0.1) is 5.69 Å². The lowest BCUT2D eigenvalue weighted by Gasteiger charge is -2.43. The van der Waals surface area contributed by atoms with Crippen LogP contribution in [0.4, 0.5) is 51.2 Å². The molecule has 0 N–H and O–H groups in total. The fourth-order valence-electron chi connectivity index (χ4n) is 14.9. The zero-order chi connectivity index (χ0) is 66.2. The van der Waals surface area contributed by atoms with Crippen LogP contribution in [-0.2, 0) is 10.8 Å². The van der Waals surface area contributed by atoms with Crippen molar-refractivity contribution in [3.63, 3.8) is 0 Å². The molecule has 15 aromatic rings. The molecule has 3 heterocycles. The number of hydrogen-bond acceptors (Lipinski definition) is 5. The lowest BCUT2D eigenvalue weighted by Crippen LogP contribution is -2.60. The molecule has 17 rings (SSSR count). The summed E-state index contributed by atoms with van der Waals surface area (Å²) in [6, 6.07) is 121. The van der Waals surface area contributed by atoms with E-state index in [1.54, 1.807) is 0 Å². The van der Waals surface area contributed by atoms with Crippen LogP contribution in [0.3, 0.4) is 0 Å². The van der Waals surface area contributed by atoms with Gasteiger partial charge in [0.2, 0.25) is 6.71 Å². The molecule has 14 aromatic carbocycles. The Balaban J connectivity index is 0.968. The van der Waals surface area contributed by atoms with Gasteiger partial charge in [0, 0.05) is 77.2 Å². The van der Waals surface area contributed by atoms with Gasteiger partial charge in [-0.05, 0) is 187 Å². The highest BCUT2D eigenvalue weighted by Crippen LogP contribution is 2.54. The molecule has 0 bridgehead atoms. The number of anilines is 9. The molecule has 6 heteroatoms. The highest BCUT2D eigenvalue weighted by Gasteiger charge is 2.44. The van der Waals surface area contributed by atoms with E-state index in [-0.39, 0.29) is 17.5 Å². The van der Waals surface area contributed by atoms with E-state index in [9.17, 15) is 0 Å². The Morgan fingerprint density at radius 2 is 0.755 bits per heavy atom. The van der Waals surface area contributed by atoms with Crippen molar-refractivity contribution >= 4 is 108 Å². The SMILES string of the molecule is CC(C)(C)c1ccc(-c2cccc(-c3ccc(C(C)(C)C)cc3)c2N2c3cc(N(c4ccccc4)c4ccccc4)ccc3B3c4ccc5oc6ccc(-c7cc(-c8ccccc8)cc(-c8ccccc8)c7)cc6c5c4Sc4cc(N(c5ccccc5)c5ccccc5)cc2c43)cc1. The average molecular weight is 1280 g/mol. The summed E-state index contributed by atoms with van der Waals surface area (Å²) < 4.78 is 7.06. The first kappa shape index (κ1) is 60.4. The third-order valence-corrected chi connectivity index (χ3v) is 21.0. The molecule has 0 atom stereocenters. The van der Waals surface area contributed by atoms with Crippen molar-refractivity contribution in [2.75, 3.05) is 14.7 Å². The molecular formula is C92H72BN3OS. The molecule has 2 aliphatic heterocycles. The van der Waals surface area contributed by atoms with Gasteiger partial charge in [0.25, 0.3) is 0 Å². The summed E-state index contributed by atoms with van der Waals surface area (Å²) in [7, 11) is 0. The number of furan rings is 1. The highest BCUT2D eigenvalue weighted by molar-refractivity contribution is 8.00. The van der Waals surface area contributed by atoms with E-state index in [1.807, 2.05) is 11.8 Å². The minimum absolute atomic E-state index is 0.0346. The Bertz CT molecular complexity index is 5260. The second-order valence-electron chi connectivity index (χ2n) is 28.1. The maximum absolute atomic E-state index is 7.06. The molecular weight excluding hydrogens is 1210 g/mol. The van der Waals surface area contributed by atoms with Crippen molar-refractivity contribution in [2.24, 2.45) is 0 Å². The van der Waals surface area contributed by atoms with Gasteiger partial charge in [-0.15, -0.1) is 0 Å². The number of para-hydroxylation sites is 5. The van der Waals surface area contributed by atoms with Crippen molar-refractivity contribution in [3.8, 4) is 55.6 Å². The molecule has 0 saturated carbocycles. The van der Waals surface area contributed by atoms with E-state index in [1.165, 1.54) is 59.6 Å². The van der Waals surface area contributed by atoms with Crippen LogP contribution >= 0.6 is 11.8 Å². The number of fused-ring (bicyclic) bond motifs is 8. The molecule has 1 aromatic heterocycles. The number of nitrogens with zero attached hydrogens (tertiary/aromatic N) is 3. The Kier molecular flexibility index (Phi) is 15.0. The first-order chi connectivity index (χ1) is 47.9. The Hall–Kier alpha value is -11.3. The zero-order valence-electron chi connectivity index (χ0n) is 55.9. The molecule has 0 unspecified atom stereocenters. The van der Waals surface area contributed by atoms with Crippen LogP contribution < -0.4 is 31.1 Å². The topological polar surface area (TPSA) is 22.9 Å². The highest BCUT2D eigenvalue weighted by atomic mass is 32.2. The van der Waals surface area contributed by atoms with E-state index >= 15 is 0 Å². The Morgan fingerprint density at radius 3 is 1.24 bits per heavy atom. The van der Waals surface area contributed by atoms with Gasteiger partial charge in [0.15, 0.2) is 0 Å². The van der Waals surface area contributed by atoms with Gasteiger partial charge in [0.1, 0.15) is 11.2 Å². The van der Waals surface area contributed by atoms with Crippen molar-refractivity contribution < 1.29 is 4.42 Å². The minimum atomic E-state index is -0.198. The summed E-state index contributed by atoms with van der Waals surface area (Å²) in [5.74, 6) is 0. The van der Waals surface area contributed by atoms with Gasteiger partial charge in [-0.3, -0.25) is 0 Å². The third-order valence-electron chi connectivity index (χ3n) is 19.8. The minimum Gasteiger partial charge on any atom is -0.456 e. The molecule has 0 amide bonds. The second-order valence-corrected chi connectivity index (χ2v) is 29.1. The summed E-state index contributed by atoms with van der Waals surface area (Å²) in [6.07, 6.45) is 0. The fourth-order valence-corrected chi connectivity index (χ4v) is 16.2. The van der Waals surface area contributed by atoms with E-state index in [0.29, 0.717) is 0 Å². The van der Waals surface area contributed by atoms with E-state index < -0.39 is 0 Å². The predicted molar refractivity (Wildman–Crippen MR) is 418 cm³/mol. The Labute approximate surface area is 579 Å². The molecule has 0 spiro atoms. The molecule has 470 valence electrons. The molecule has 2 aliphatic rings. The van der Waals surface area contributed by atoms with Gasteiger partial charge >= 0.3 is 0 Å². The van der Waals surface area contributed by atoms with Crippen molar-refractivity contribution in [2.45, 2.75) is 62.2 Å². The molecule has 98 heavy (non-hydrogen) atoms. The monoisotopic (exact) mass is 1280 g/mol. The molecule has 4 nitrogen and oxygen atoms in total. The fraction of sp³-hybridized carbons (Fsp3) is 0.0870. The van der Waals surface area contributed by atoms with Crippen molar-refractivity contribution in [1.29, 1.82) is 0 Å². The van der Waals surface area contributed by atoms with Crippen LogP contribution in [0.1, 0.15) is 52.7 Å². The van der Waals surface area contributed by atoms with Crippen LogP contribution in [0.2, 0.25) is 0 Å². The lowest BCUT2D eigenvalue weighted by atomic mass is 9.34. The van der Waals surface area contributed by atoms with Crippen molar-refractivity contribution in [3.05, 3.63) is 339 Å². The molecule has 0 aliphatic carbocycles. The molecule has 0 fully saturated rings. The van der Waals surface area contributed by atoms with Gasteiger partial charge in [-0.1, -0.05) is 277 Å². The summed E-state index contributed by atoms with van der Waals surface area (Å²) in [4.78, 5) is 9.90. The van der Waals surface area contributed by atoms with Crippen LogP contribution in [0.5, 0.6) is 0 Å². The first-order valence-corrected chi connectivity index (χ1v) is 34.9. The van der Waals surface area contributed by atoms with E-state index in [2.05, 4.69) is 384 Å². The number of hydrogen-bond donors (Lipinski definition) is 0. The smallest absolute Gasteiger partial charge is 0.249 e. The number of benzene rings is 14. The lowest BCUT2D eigenvalue weighted by molar-refractivity contribution is 0.590. The third kappa shape index (κ3) is 10.9. The first-order valence-electron chi connectivity index (χ1n) is 34.1. The maximum atomic E-state index is 7.06. The predicted octanol–water partition coefficient (Wildman–Crippen LogP) is 24.2. The standard InChI is InChI=1S/C92H72BN3OS/c1-91(2,3)69-45-40-63(41-46-69)77-38-25-39-78(64-42-47-70(48-43-64)92(4,5)6)89(77)96-82-58-75(94(71-30-17-9-18-31-71)72-32-19-10-20-33-72)49-50-80(82)93-81-51-53-85-87(90(81)98-86-60-76(59-83(96)88(86)93)95(73-34-21-11-22-35-73)74-36-23-12-24-37-74)79-57-65(44-52-84(79)97-85)68-55-66(61-26-13-7-14-27-61)54-67(56-68)62-28-15-8-16-29-62/h7-60H,1-6H3. The van der Waals surface area contributed by atoms with Crippen LogP contribution in [0.15, 0.2) is 342 Å². The Morgan fingerprint density at radius 1 is 0.327 bits per heavy atom. The van der Waals surface area contributed by atoms with E-state index in [0.717, 1.165) is 107 Å². The van der Waals surface area contributed by atoms with Gasteiger partial charge in [-0.25, -0.2) is 0 Å². The largest absolute Gasteiger partial charge is 0.456 e.